The number of aromatic nitrogens is 4. The van der Waals surface area contributed by atoms with Crippen molar-refractivity contribution >= 4 is 24.8 Å². The van der Waals surface area contributed by atoms with Crippen molar-refractivity contribution in [3.05, 3.63) is 65.5 Å². The van der Waals surface area contributed by atoms with Crippen LogP contribution < -0.4 is 20.1 Å². The van der Waals surface area contributed by atoms with E-state index in [2.05, 4.69) is 48.1 Å². The molecule has 2 aromatic carbocycles. The molecule has 38 heavy (non-hydrogen) atoms. The lowest BCUT2D eigenvalue weighted by Crippen LogP contribution is -2.58. The predicted octanol–water partition coefficient (Wildman–Crippen LogP) is 4.78. The van der Waals surface area contributed by atoms with Crippen molar-refractivity contribution in [3.63, 3.8) is 0 Å². The smallest absolute Gasteiger partial charge is 0.490 e. The molecule has 3 aliphatic rings. The third-order valence-electron chi connectivity index (χ3n) is 7.44. The number of fused-ring (bicyclic) bond motifs is 2. The monoisotopic (exact) mass is 572 g/mol. The Labute approximate surface area is 230 Å². The van der Waals surface area contributed by atoms with Crippen LogP contribution in [0.15, 0.2) is 48.5 Å². The van der Waals surface area contributed by atoms with Gasteiger partial charge in [-0.05, 0) is 55.9 Å². The summed E-state index contributed by atoms with van der Waals surface area (Å²) in [5.74, 6) is 1.14. The summed E-state index contributed by atoms with van der Waals surface area (Å²) >= 11 is 0. The van der Waals surface area contributed by atoms with E-state index in [4.69, 9.17) is 4.74 Å². The van der Waals surface area contributed by atoms with Crippen molar-refractivity contribution in [2.75, 3.05) is 0 Å². The van der Waals surface area contributed by atoms with Gasteiger partial charge in [-0.15, -0.1) is 48.2 Å². The van der Waals surface area contributed by atoms with Gasteiger partial charge in [0.05, 0.1) is 11.6 Å². The Kier molecular flexibility index (Phi) is 8.41. The van der Waals surface area contributed by atoms with Crippen LogP contribution in [0.1, 0.15) is 55.0 Å². The number of nitrogens with zero attached hydrogens (tertiary/aromatic N) is 3. The van der Waals surface area contributed by atoms with Gasteiger partial charge in [0.2, 0.25) is 0 Å². The Balaban J connectivity index is 0.00000168. The largest absolute Gasteiger partial charge is 0.573 e. The number of benzene rings is 2. The lowest BCUT2D eigenvalue weighted by atomic mass is 9.78. The van der Waals surface area contributed by atoms with E-state index in [0.717, 1.165) is 37.7 Å². The summed E-state index contributed by atoms with van der Waals surface area (Å²) in [6.45, 7) is 0.343. The molecule has 1 aliphatic carbocycles. The maximum absolute atomic E-state index is 12.9. The van der Waals surface area contributed by atoms with Crippen molar-refractivity contribution in [1.82, 2.24) is 31.3 Å². The molecule has 13 heteroatoms. The van der Waals surface area contributed by atoms with Gasteiger partial charge in [0.25, 0.3) is 0 Å². The van der Waals surface area contributed by atoms with Gasteiger partial charge in [0.15, 0.2) is 5.82 Å². The highest BCUT2D eigenvalue weighted by molar-refractivity contribution is 5.85. The van der Waals surface area contributed by atoms with E-state index in [0.29, 0.717) is 23.7 Å². The number of halogens is 5. The summed E-state index contributed by atoms with van der Waals surface area (Å²) in [6.07, 6.45) is -0.144. The summed E-state index contributed by atoms with van der Waals surface area (Å²) < 4.78 is 48.8. The van der Waals surface area contributed by atoms with Gasteiger partial charge in [-0.2, -0.15) is 5.21 Å². The van der Waals surface area contributed by atoms with Gasteiger partial charge in [-0.1, -0.05) is 35.5 Å². The van der Waals surface area contributed by atoms with Gasteiger partial charge in [-0.25, -0.2) is 0 Å². The second-order valence-corrected chi connectivity index (χ2v) is 9.81. The first-order chi connectivity index (χ1) is 17.4. The first-order valence-electron chi connectivity index (χ1n) is 12.2. The summed E-state index contributed by atoms with van der Waals surface area (Å²) in [7, 11) is 0. The fraction of sp³-hybridized carbons (Fsp3) is 0.480. The molecule has 1 aromatic heterocycles. The number of hydrogen-bond acceptors (Lipinski definition) is 7. The molecule has 3 aromatic rings. The number of aromatic amines is 1. The minimum Gasteiger partial charge on any atom is -0.490 e. The molecule has 0 radical (unpaired) electrons. The normalized spacial score (nSPS) is 26.2. The van der Waals surface area contributed by atoms with Crippen LogP contribution in [-0.2, 0) is 12.1 Å². The van der Waals surface area contributed by atoms with E-state index >= 15 is 0 Å². The van der Waals surface area contributed by atoms with Crippen LogP contribution in [0.2, 0.25) is 0 Å². The van der Waals surface area contributed by atoms with E-state index in [1.54, 1.807) is 6.07 Å². The topological polar surface area (TPSA) is 97.0 Å². The molecule has 0 amide bonds. The SMILES string of the molecule is Cl.Cl.FC(F)(F)Oc1ccc(OC2CC2)c(CN[C@@H]2CC[C@@H]3N[C@@]2(c2ccccc2)C[C@@H]3c2nn[nH]n2)c1. The molecule has 1 saturated carbocycles. The van der Waals surface area contributed by atoms with Crippen molar-refractivity contribution in [1.29, 1.82) is 0 Å². The third-order valence-corrected chi connectivity index (χ3v) is 7.44. The Bertz CT molecular complexity index is 1200. The zero-order valence-electron chi connectivity index (χ0n) is 20.3. The zero-order chi connectivity index (χ0) is 24.8. The highest BCUT2D eigenvalue weighted by Gasteiger charge is 2.54. The molecule has 2 bridgehead atoms. The molecule has 3 N–H and O–H groups in total. The molecule has 4 atom stereocenters. The maximum Gasteiger partial charge on any atom is 0.573 e. The Morgan fingerprint density at radius 2 is 1.82 bits per heavy atom. The van der Waals surface area contributed by atoms with Crippen LogP contribution in [0.4, 0.5) is 13.2 Å². The molecule has 2 aliphatic heterocycles. The van der Waals surface area contributed by atoms with E-state index in [1.807, 2.05) is 18.2 Å². The number of alkyl halides is 3. The number of hydrogen-bond donors (Lipinski definition) is 3. The fourth-order valence-electron chi connectivity index (χ4n) is 5.71. The molecule has 2 saturated heterocycles. The molecular weight excluding hydrogens is 544 g/mol. The second kappa shape index (κ2) is 11.3. The molecule has 0 spiro atoms. The lowest BCUT2D eigenvalue weighted by molar-refractivity contribution is -0.274. The first-order valence-corrected chi connectivity index (χ1v) is 12.2. The summed E-state index contributed by atoms with van der Waals surface area (Å²) in [4.78, 5) is 0. The molecule has 3 heterocycles. The van der Waals surface area contributed by atoms with Crippen molar-refractivity contribution in [2.24, 2.45) is 0 Å². The van der Waals surface area contributed by atoms with Crippen LogP contribution in [0, 0.1) is 0 Å². The van der Waals surface area contributed by atoms with E-state index in [-0.39, 0.29) is 60.2 Å². The number of piperidine rings is 1. The predicted molar refractivity (Wildman–Crippen MR) is 138 cm³/mol. The molecule has 8 nitrogen and oxygen atoms in total. The second-order valence-electron chi connectivity index (χ2n) is 9.81. The summed E-state index contributed by atoms with van der Waals surface area (Å²) in [5, 5.41) is 22.3. The van der Waals surface area contributed by atoms with Crippen LogP contribution in [0.25, 0.3) is 0 Å². The number of ether oxygens (including phenoxy) is 2. The third kappa shape index (κ3) is 5.85. The van der Waals surface area contributed by atoms with Gasteiger partial charge in [0.1, 0.15) is 11.5 Å². The average molecular weight is 573 g/mol. The average Bonchev–Trinajstić information content (AvgIpc) is 3.39. The first kappa shape index (κ1) is 28.4. The van der Waals surface area contributed by atoms with Gasteiger partial charge < -0.3 is 20.1 Å². The fourth-order valence-corrected chi connectivity index (χ4v) is 5.71. The van der Waals surface area contributed by atoms with Crippen LogP contribution in [-0.4, -0.2) is 45.2 Å². The molecule has 0 unspecified atom stereocenters. The van der Waals surface area contributed by atoms with Gasteiger partial charge >= 0.3 is 6.36 Å². The summed E-state index contributed by atoms with van der Waals surface area (Å²) in [5.41, 5.74) is 1.41. The molecule has 6 rings (SSSR count). The highest BCUT2D eigenvalue weighted by atomic mass is 35.5. The van der Waals surface area contributed by atoms with Crippen LogP contribution in [0.5, 0.6) is 11.5 Å². The van der Waals surface area contributed by atoms with E-state index in [9.17, 15) is 13.2 Å². The quantitative estimate of drug-likeness (QED) is 0.357. The van der Waals surface area contributed by atoms with E-state index < -0.39 is 6.36 Å². The van der Waals surface area contributed by atoms with Gasteiger partial charge in [0, 0.05) is 30.1 Å². The van der Waals surface area contributed by atoms with E-state index in [1.165, 1.54) is 12.1 Å². The Hall–Kier alpha value is -2.60. The van der Waals surface area contributed by atoms with Gasteiger partial charge in [-0.3, -0.25) is 0 Å². The number of tetrazole rings is 1. The lowest BCUT2D eigenvalue weighted by Gasteiger charge is -2.43. The summed E-state index contributed by atoms with van der Waals surface area (Å²) in [6, 6.07) is 14.8. The van der Waals surface area contributed by atoms with Crippen LogP contribution >= 0.6 is 24.8 Å². The minimum atomic E-state index is -4.75. The van der Waals surface area contributed by atoms with Crippen molar-refractivity contribution in [3.8, 4) is 11.5 Å². The highest BCUT2D eigenvalue weighted by Crippen LogP contribution is 2.49. The number of nitrogens with one attached hydrogen (secondary N) is 3. The number of rotatable bonds is 8. The number of H-pyrrole nitrogens is 1. The Morgan fingerprint density at radius 3 is 2.50 bits per heavy atom. The molecular formula is C25H29Cl2F3N6O2. The maximum atomic E-state index is 12.9. The van der Waals surface area contributed by atoms with Crippen LogP contribution in [0.3, 0.4) is 0 Å². The van der Waals surface area contributed by atoms with Crippen molar-refractivity contribution in [2.45, 2.75) is 74.7 Å². The Morgan fingerprint density at radius 1 is 1.03 bits per heavy atom. The minimum absolute atomic E-state index is 0. The van der Waals surface area contributed by atoms with Crippen molar-refractivity contribution < 1.29 is 22.6 Å². The standard InChI is InChI=1S/C25H27F3N6O2.2ClH/c26-25(27,28)36-18-8-10-21(35-17-6-7-17)15(12-18)14-29-22-11-9-20-19(23-31-33-34-32-23)13-24(22,30-20)16-4-2-1-3-5-16;;/h1-5,8,10,12,17,19-20,22,29-30H,6-7,9,11,13-14H2,(H,31,32,33,34);2*1H/t19-,20-,22+,24+;;/m0../s1. The molecule has 206 valence electrons. The zero-order valence-corrected chi connectivity index (χ0v) is 21.9. The molecule has 3 fully saturated rings.